The number of fused-ring (bicyclic) bond motifs is 3. The Morgan fingerprint density at radius 1 is 1.00 bits per heavy atom. The summed E-state index contributed by atoms with van der Waals surface area (Å²) in [5.74, 6) is -0.117. The molecule has 0 bridgehead atoms. The molecule has 3 aliphatic rings. The largest absolute Gasteiger partial charge is 0.426 e. The molecule has 2 nitrogen and oxygen atoms in total. The van der Waals surface area contributed by atoms with Gasteiger partial charge in [0.1, 0.15) is 5.82 Å². The molecular formula is C29H32F5NO. The molecule has 0 aromatic heterocycles. The summed E-state index contributed by atoms with van der Waals surface area (Å²) in [5.41, 5.74) is -1.82. The molecule has 194 valence electrons. The van der Waals surface area contributed by atoms with Crippen LogP contribution in [0.5, 0.6) is 0 Å². The van der Waals surface area contributed by atoms with Crippen LogP contribution in [-0.4, -0.2) is 29.6 Å². The highest BCUT2D eigenvalue weighted by atomic mass is 19.4. The van der Waals surface area contributed by atoms with Gasteiger partial charge in [-0.2, -0.15) is 13.2 Å². The molecule has 3 atom stereocenters. The molecule has 1 heterocycles. The fourth-order valence-corrected chi connectivity index (χ4v) is 6.84. The van der Waals surface area contributed by atoms with E-state index in [9.17, 15) is 26.7 Å². The summed E-state index contributed by atoms with van der Waals surface area (Å²) < 4.78 is 68.7. The van der Waals surface area contributed by atoms with Gasteiger partial charge in [-0.1, -0.05) is 49.6 Å². The molecule has 2 aliphatic carbocycles. The number of halogens is 5. The van der Waals surface area contributed by atoms with Crippen molar-refractivity contribution in [3.63, 3.8) is 0 Å². The second-order valence-corrected chi connectivity index (χ2v) is 11.0. The number of likely N-dealkylation sites (tertiary alicyclic amines) is 1. The molecule has 1 amide bonds. The van der Waals surface area contributed by atoms with Gasteiger partial charge in [0.05, 0.1) is 0 Å². The maximum absolute atomic E-state index is 14.8. The molecule has 36 heavy (non-hydrogen) atoms. The van der Waals surface area contributed by atoms with Crippen LogP contribution >= 0.6 is 0 Å². The van der Waals surface area contributed by atoms with Gasteiger partial charge in [-0.3, -0.25) is 4.79 Å². The Kier molecular flexibility index (Phi) is 6.40. The molecule has 7 heteroatoms. The highest BCUT2D eigenvalue weighted by Gasteiger charge is 2.56. The minimum atomic E-state index is -5.01. The number of amides is 1. The summed E-state index contributed by atoms with van der Waals surface area (Å²) in [6, 6.07) is 10.5. The maximum Gasteiger partial charge on any atom is 0.426 e. The predicted octanol–water partition coefficient (Wildman–Crippen LogP) is 7.18. The van der Waals surface area contributed by atoms with Crippen molar-refractivity contribution in [2.24, 2.45) is 5.92 Å². The van der Waals surface area contributed by atoms with E-state index in [1.165, 1.54) is 24.3 Å². The molecule has 0 radical (unpaired) electrons. The van der Waals surface area contributed by atoms with Crippen LogP contribution in [0.4, 0.5) is 22.0 Å². The Morgan fingerprint density at radius 3 is 2.36 bits per heavy atom. The predicted molar refractivity (Wildman–Crippen MR) is 128 cm³/mol. The molecule has 1 saturated carbocycles. The van der Waals surface area contributed by atoms with E-state index in [-0.39, 0.29) is 23.7 Å². The first-order valence-corrected chi connectivity index (χ1v) is 13.0. The van der Waals surface area contributed by atoms with Gasteiger partial charge in [0, 0.05) is 23.9 Å². The van der Waals surface area contributed by atoms with E-state index in [4.69, 9.17) is 0 Å². The number of carbonyl (C=O) groups is 1. The lowest BCUT2D eigenvalue weighted by atomic mass is 9.63. The highest BCUT2D eigenvalue weighted by Crippen LogP contribution is 2.51. The van der Waals surface area contributed by atoms with Gasteiger partial charge in [0.2, 0.25) is 11.6 Å². The van der Waals surface area contributed by atoms with Crippen LogP contribution in [0.15, 0.2) is 42.5 Å². The lowest BCUT2D eigenvalue weighted by Gasteiger charge is -2.44. The van der Waals surface area contributed by atoms with E-state index in [1.807, 2.05) is 4.90 Å². The van der Waals surface area contributed by atoms with Crippen LogP contribution < -0.4 is 0 Å². The van der Waals surface area contributed by atoms with Crippen molar-refractivity contribution in [2.45, 2.75) is 88.0 Å². The van der Waals surface area contributed by atoms with Crippen molar-refractivity contribution in [3.05, 3.63) is 70.5 Å². The number of alkyl halides is 4. The Labute approximate surface area is 208 Å². The first kappa shape index (κ1) is 25.2. The van der Waals surface area contributed by atoms with Crippen molar-refractivity contribution < 1.29 is 26.7 Å². The van der Waals surface area contributed by atoms with Gasteiger partial charge in [0.25, 0.3) is 0 Å². The molecule has 2 aromatic carbocycles. The Balaban J connectivity index is 1.55. The summed E-state index contributed by atoms with van der Waals surface area (Å²) in [7, 11) is 0. The lowest BCUT2D eigenvalue weighted by molar-refractivity contribution is -0.228. The number of rotatable bonds is 4. The maximum atomic E-state index is 14.8. The molecule has 0 N–H and O–H groups in total. The average Bonchev–Trinajstić information content (AvgIpc) is 3.24. The SMILES string of the molecule is CC(F)(c1ccc2c(c1)CC[C@H]1N(C(=O)C3CCCCC3)CC[C@@]21Cc1ccc(F)cc1)C(F)(F)F. The van der Waals surface area contributed by atoms with E-state index < -0.39 is 22.8 Å². The molecule has 5 rings (SSSR count). The molecule has 1 saturated heterocycles. The van der Waals surface area contributed by atoms with Crippen LogP contribution in [0.1, 0.15) is 74.1 Å². The quantitative estimate of drug-likeness (QED) is 0.403. The van der Waals surface area contributed by atoms with E-state index in [1.54, 1.807) is 18.2 Å². The topological polar surface area (TPSA) is 20.3 Å². The minimum absolute atomic E-state index is 0.0307. The van der Waals surface area contributed by atoms with Crippen molar-refractivity contribution in [1.29, 1.82) is 0 Å². The number of nitrogens with zero attached hydrogens (tertiary/aromatic N) is 1. The fraction of sp³-hybridized carbons (Fsp3) is 0.552. The van der Waals surface area contributed by atoms with Crippen molar-refractivity contribution in [3.8, 4) is 0 Å². The Bertz CT molecular complexity index is 1120. The Morgan fingerprint density at radius 2 is 1.69 bits per heavy atom. The van der Waals surface area contributed by atoms with E-state index in [0.717, 1.165) is 43.2 Å². The second-order valence-electron chi connectivity index (χ2n) is 11.0. The zero-order valence-electron chi connectivity index (χ0n) is 20.5. The smallest absolute Gasteiger partial charge is 0.339 e. The van der Waals surface area contributed by atoms with Crippen LogP contribution in [0.3, 0.4) is 0 Å². The highest BCUT2D eigenvalue weighted by molar-refractivity contribution is 5.80. The lowest BCUT2D eigenvalue weighted by Crippen LogP contribution is -2.50. The molecule has 1 aliphatic heterocycles. The van der Waals surface area contributed by atoms with Crippen LogP contribution in [0, 0.1) is 11.7 Å². The third-order valence-electron chi connectivity index (χ3n) is 8.89. The zero-order valence-corrected chi connectivity index (χ0v) is 20.5. The van der Waals surface area contributed by atoms with Gasteiger partial charge < -0.3 is 4.90 Å². The Hall–Kier alpha value is -2.44. The first-order valence-electron chi connectivity index (χ1n) is 13.0. The number of carbonyl (C=O) groups excluding carboxylic acids is 1. The van der Waals surface area contributed by atoms with Crippen molar-refractivity contribution >= 4 is 5.91 Å². The zero-order chi connectivity index (χ0) is 25.7. The van der Waals surface area contributed by atoms with E-state index in [2.05, 4.69) is 0 Å². The summed E-state index contributed by atoms with van der Waals surface area (Å²) in [6.07, 6.45) is 2.39. The third-order valence-corrected chi connectivity index (χ3v) is 8.89. The van der Waals surface area contributed by atoms with Gasteiger partial charge in [-0.25, -0.2) is 8.78 Å². The molecule has 2 aromatic rings. The fourth-order valence-electron chi connectivity index (χ4n) is 6.84. The molecule has 1 unspecified atom stereocenters. The van der Waals surface area contributed by atoms with Crippen LogP contribution in [0.2, 0.25) is 0 Å². The minimum Gasteiger partial charge on any atom is -0.339 e. The van der Waals surface area contributed by atoms with E-state index >= 15 is 0 Å². The third kappa shape index (κ3) is 4.22. The van der Waals surface area contributed by atoms with Crippen LogP contribution in [0.25, 0.3) is 0 Å². The summed E-state index contributed by atoms with van der Waals surface area (Å²) >= 11 is 0. The van der Waals surface area contributed by atoms with Gasteiger partial charge >= 0.3 is 6.18 Å². The van der Waals surface area contributed by atoms with Crippen LogP contribution in [-0.2, 0) is 28.7 Å². The molecule has 2 fully saturated rings. The monoisotopic (exact) mass is 505 g/mol. The summed E-state index contributed by atoms with van der Waals surface area (Å²) in [4.78, 5) is 15.6. The normalized spacial score (nSPS) is 26.3. The number of benzene rings is 2. The number of hydrogen-bond acceptors (Lipinski definition) is 1. The van der Waals surface area contributed by atoms with Crippen molar-refractivity contribution in [1.82, 2.24) is 4.90 Å². The van der Waals surface area contributed by atoms with Gasteiger partial charge in [0.15, 0.2) is 0 Å². The van der Waals surface area contributed by atoms with Gasteiger partial charge in [-0.05, 0) is 79.8 Å². The standard InChI is InChI=1S/C29H32F5NO/c1-27(31,29(32,33)34)22-10-13-24-21(17-22)9-14-25-28(24,18-19-7-11-23(30)12-8-19)15-16-35(25)26(36)20-5-3-2-4-6-20/h7-8,10-13,17,20,25H,2-6,9,14-16,18H2,1H3/t25-,27?,28-/m1/s1. The number of aryl methyl sites for hydroxylation is 1. The first-order chi connectivity index (χ1) is 17.0. The van der Waals surface area contributed by atoms with Crippen molar-refractivity contribution in [2.75, 3.05) is 6.54 Å². The summed E-state index contributed by atoms with van der Waals surface area (Å²) in [6.45, 7) is 1.15. The molecular weight excluding hydrogens is 473 g/mol. The average molecular weight is 506 g/mol. The molecule has 0 spiro atoms. The second kappa shape index (κ2) is 9.14. The summed E-state index contributed by atoms with van der Waals surface area (Å²) in [5, 5.41) is 0. The number of hydrogen-bond donors (Lipinski definition) is 0. The van der Waals surface area contributed by atoms with E-state index in [0.29, 0.717) is 44.7 Å². The van der Waals surface area contributed by atoms with Gasteiger partial charge in [-0.15, -0.1) is 0 Å².